The normalized spacial score (nSPS) is 20.1. The number of alkyl halides is 1. The standard InChI is InChI=1S/C15H20ClNO2/c1-11-6-5-8-13(14(11)18)15(19)17-9-4-2-3-7-12(17)10-16/h5-6,8,12,18H,2-4,7,9-10H2,1H3. The first kappa shape index (κ1) is 14.2. The lowest BCUT2D eigenvalue weighted by atomic mass is 10.1. The SMILES string of the molecule is Cc1cccc(C(=O)N2CCCCCC2CCl)c1O. The van der Waals surface area contributed by atoms with Crippen molar-refractivity contribution in [2.75, 3.05) is 12.4 Å². The van der Waals surface area contributed by atoms with E-state index in [0.717, 1.165) is 37.8 Å². The van der Waals surface area contributed by atoms with Crippen LogP contribution in [-0.4, -0.2) is 34.4 Å². The Morgan fingerprint density at radius 1 is 1.42 bits per heavy atom. The topological polar surface area (TPSA) is 40.5 Å². The molecule has 0 bridgehead atoms. The number of para-hydroxylation sites is 1. The maximum atomic E-state index is 12.6. The molecule has 0 saturated carbocycles. The summed E-state index contributed by atoms with van der Waals surface area (Å²) in [6.45, 7) is 2.52. The number of rotatable bonds is 2. The zero-order valence-corrected chi connectivity index (χ0v) is 12.0. The first-order valence-corrected chi connectivity index (χ1v) is 7.34. The van der Waals surface area contributed by atoms with Crippen molar-refractivity contribution in [3.8, 4) is 5.75 Å². The second-order valence-electron chi connectivity index (χ2n) is 5.13. The van der Waals surface area contributed by atoms with E-state index in [-0.39, 0.29) is 17.7 Å². The number of aryl methyl sites for hydroxylation is 1. The number of nitrogens with zero attached hydrogens (tertiary/aromatic N) is 1. The van der Waals surface area contributed by atoms with Crippen molar-refractivity contribution in [3.63, 3.8) is 0 Å². The second kappa shape index (κ2) is 6.29. The fourth-order valence-electron chi connectivity index (χ4n) is 2.59. The molecule has 1 N–H and O–H groups in total. The number of phenolic OH excluding ortho intramolecular Hbond substituents is 1. The molecular weight excluding hydrogens is 262 g/mol. The number of hydrogen-bond donors (Lipinski definition) is 1. The van der Waals surface area contributed by atoms with Crippen molar-refractivity contribution in [1.82, 2.24) is 4.90 Å². The number of benzene rings is 1. The molecule has 1 fully saturated rings. The monoisotopic (exact) mass is 281 g/mol. The highest BCUT2D eigenvalue weighted by Crippen LogP contribution is 2.26. The first-order chi connectivity index (χ1) is 9.15. The van der Waals surface area contributed by atoms with E-state index in [4.69, 9.17) is 11.6 Å². The highest BCUT2D eigenvalue weighted by Gasteiger charge is 2.27. The number of carbonyl (C=O) groups excluding carboxylic acids is 1. The summed E-state index contributed by atoms with van der Waals surface area (Å²) < 4.78 is 0. The highest BCUT2D eigenvalue weighted by molar-refractivity contribution is 6.18. The summed E-state index contributed by atoms with van der Waals surface area (Å²) in [6.07, 6.45) is 4.20. The van der Waals surface area contributed by atoms with Crippen molar-refractivity contribution in [2.45, 2.75) is 38.6 Å². The molecule has 1 heterocycles. The van der Waals surface area contributed by atoms with Gasteiger partial charge in [-0.05, 0) is 31.4 Å². The maximum absolute atomic E-state index is 12.6. The Bertz CT molecular complexity index is 461. The number of likely N-dealkylation sites (tertiary alicyclic amines) is 1. The van der Waals surface area contributed by atoms with Crippen LogP contribution in [0.4, 0.5) is 0 Å². The van der Waals surface area contributed by atoms with Gasteiger partial charge in [0.25, 0.3) is 5.91 Å². The molecule has 1 aliphatic rings. The van der Waals surface area contributed by atoms with Gasteiger partial charge in [0.05, 0.1) is 5.56 Å². The Labute approximate surface area is 119 Å². The molecule has 1 atom stereocenters. The molecule has 1 aromatic carbocycles. The van der Waals surface area contributed by atoms with Gasteiger partial charge in [0.2, 0.25) is 0 Å². The largest absolute Gasteiger partial charge is 0.507 e. The summed E-state index contributed by atoms with van der Waals surface area (Å²) in [5, 5.41) is 10.0. The molecule has 1 aliphatic heterocycles. The van der Waals surface area contributed by atoms with Crippen molar-refractivity contribution >= 4 is 17.5 Å². The van der Waals surface area contributed by atoms with Crippen LogP contribution in [0.3, 0.4) is 0 Å². The predicted molar refractivity (Wildman–Crippen MR) is 76.9 cm³/mol. The second-order valence-corrected chi connectivity index (χ2v) is 5.44. The molecular formula is C15H20ClNO2. The van der Waals surface area contributed by atoms with Gasteiger partial charge < -0.3 is 10.0 Å². The van der Waals surface area contributed by atoms with Gasteiger partial charge in [-0.3, -0.25) is 4.79 Å². The van der Waals surface area contributed by atoms with Gasteiger partial charge in [-0.15, -0.1) is 11.6 Å². The van der Waals surface area contributed by atoms with E-state index >= 15 is 0 Å². The summed E-state index contributed by atoms with van der Waals surface area (Å²) in [7, 11) is 0. The van der Waals surface area contributed by atoms with Crippen LogP contribution >= 0.6 is 11.6 Å². The Balaban J connectivity index is 2.28. The lowest BCUT2D eigenvalue weighted by molar-refractivity contribution is 0.0697. The predicted octanol–water partition coefficient (Wildman–Crippen LogP) is 3.32. The van der Waals surface area contributed by atoms with Crippen LogP contribution in [0.5, 0.6) is 5.75 Å². The average molecular weight is 282 g/mol. The summed E-state index contributed by atoms with van der Waals surface area (Å²) in [4.78, 5) is 14.4. The van der Waals surface area contributed by atoms with Crippen molar-refractivity contribution in [3.05, 3.63) is 29.3 Å². The molecule has 1 amide bonds. The van der Waals surface area contributed by atoms with E-state index in [0.29, 0.717) is 11.4 Å². The number of phenols is 1. The van der Waals surface area contributed by atoms with Crippen LogP contribution in [0.25, 0.3) is 0 Å². The van der Waals surface area contributed by atoms with E-state index in [1.165, 1.54) is 0 Å². The fraction of sp³-hybridized carbons (Fsp3) is 0.533. The van der Waals surface area contributed by atoms with Gasteiger partial charge in [0, 0.05) is 18.5 Å². The molecule has 3 nitrogen and oxygen atoms in total. The van der Waals surface area contributed by atoms with Gasteiger partial charge in [-0.2, -0.15) is 0 Å². The zero-order chi connectivity index (χ0) is 13.8. The third-order valence-electron chi connectivity index (χ3n) is 3.78. The quantitative estimate of drug-likeness (QED) is 0.845. The molecule has 4 heteroatoms. The van der Waals surface area contributed by atoms with Gasteiger partial charge in [0.15, 0.2) is 0 Å². The summed E-state index contributed by atoms with van der Waals surface area (Å²) in [6, 6.07) is 5.36. The zero-order valence-electron chi connectivity index (χ0n) is 11.2. The fourth-order valence-corrected chi connectivity index (χ4v) is 2.91. The van der Waals surface area contributed by atoms with E-state index in [9.17, 15) is 9.90 Å². The van der Waals surface area contributed by atoms with Crippen molar-refractivity contribution < 1.29 is 9.90 Å². The minimum absolute atomic E-state index is 0.0802. The van der Waals surface area contributed by atoms with Crippen LogP contribution in [0.15, 0.2) is 18.2 Å². The number of carbonyl (C=O) groups is 1. The first-order valence-electron chi connectivity index (χ1n) is 6.80. The highest BCUT2D eigenvalue weighted by atomic mass is 35.5. The minimum Gasteiger partial charge on any atom is -0.507 e. The third kappa shape index (κ3) is 3.03. The van der Waals surface area contributed by atoms with Crippen LogP contribution in [-0.2, 0) is 0 Å². The Hall–Kier alpha value is -1.22. The summed E-state index contributed by atoms with van der Waals surface area (Å²) in [5.41, 5.74) is 1.11. The number of hydrogen-bond acceptors (Lipinski definition) is 2. The lowest BCUT2D eigenvalue weighted by Crippen LogP contribution is -2.41. The Kier molecular flexibility index (Phi) is 4.70. The van der Waals surface area contributed by atoms with Gasteiger partial charge in [0.1, 0.15) is 5.75 Å². The van der Waals surface area contributed by atoms with Crippen LogP contribution in [0, 0.1) is 6.92 Å². The molecule has 19 heavy (non-hydrogen) atoms. The molecule has 2 rings (SSSR count). The summed E-state index contributed by atoms with van der Waals surface area (Å²) in [5.74, 6) is 0.442. The lowest BCUT2D eigenvalue weighted by Gasteiger charge is -2.29. The number of amides is 1. The molecule has 0 aliphatic carbocycles. The van der Waals surface area contributed by atoms with E-state index in [1.807, 2.05) is 4.90 Å². The van der Waals surface area contributed by atoms with Crippen molar-refractivity contribution in [2.24, 2.45) is 0 Å². The molecule has 1 saturated heterocycles. The Morgan fingerprint density at radius 3 is 2.95 bits per heavy atom. The van der Waals surface area contributed by atoms with Crippen molar-refractivity contribution in [1.29, 1.82) is 0 Å². The maximum Gasteiger partial charge on any atom is 0.257 e. The molecule has 1 aromatic rings. The van der Waals surface area contributed by atoms with Crippen LogP contribution < -0.4 is 0 Å². The molecule has 0 radical (unpaired) electrons. The van der Waals surface area contributed by atoms with Crippen LogP contribution in [0.2, 0.25) is 0 Å². The minimum atomic E-state index is -0.103. The van der Waals surface area contributed by atoms with Crippen LogP contribution in [0.1, 0.15) is 41.6 Å². The van der Waals surface area contributed by atoms with Gasteiger partial charge in [-0.1, -0.05) is 25.0 Å². The smallest absolute Gasteiger partial charge is 0.257 e. The Morgan fingerprint density at radius 2 is 2.21 bits per heavy atom. The summed E-state index contributed by atoms with van der Waals surface area (Å²) >= 11 is 5.99. The molecule has 0 spiro atoms. The molecule has 0 aromatic heterocycles. The molecule has 104 valence electrons. The third-order valence-corrected chi connectivity index (χ3v) is 4.14. The van der Waals surface area contributed by atoms with E-state index < -0.39 is 0 Å². The number of halogens is 1. The average Bonchev–Trinajstić information content (AvgIpc) is 2.66. The van der Waals surface area contributed by atoms with E-state index in [2.05, 4.69) is 0 Å². The van der Waals surface area contributed by atoms with Gasteiger partial charge in [-0.25, -0.2) is 0 Å². The number of aromatic hydroxyl groups is 1. The van der Waals surface area contributed by atoms with E-state index in [1.54, 1.807) is 25.1 Å². The van der Waals surface area contributed by atoms with Gasteiger partial charge >= 0.3 is 0 Å². The molecule has 1 unspecified atom stereocenters.